The van der Waals surface area contributed by atoms with Gasteiger partial charge in [-0.2, -0.15) is 0 Å². The van der Waals surface area contributed by atoms with E-state index in [0.717, 1.165) is 5.56 Å². The van der Waals surface area contributed by atoms with Crippen LogP contribution in [-0.4, -0.2) is 31.5 Å². The van der Waals surface area contributed by atoms with Gasteiger partial charge in [-0.1, -0.05) is 13.0 Å². The summed E-state index contributed by atoms with van der Waals surface area (Å²) in [7, 11) is -2.83. The van der Waals surface area contributed by atoms with E-state index >= 15 is 0 Å². The molecule has 0 saturated carbocycles. The molecule has 0 fully saturated rings. The number of nitrogens with one attached hydrogen (secondary N) is 1. The zero-order valence-electron chi connectivity index (χ0n) is 10.4. The molecule has 0 aliphatic carbocycles. The van der Waals surface area contributed by atoms with Crippen LogP contribution in [0.2, 0.25) is 0 Å². The molecule has 0 radical (unpaired) electrons. The van der Waals surface area contributed by atoms with Crippen LogP contribution in [0, 0.1) is 0 Å². The molecule has 1 atom stereocenters. The van der Waals surface area contributed by atoms with Gasteiger partial charge in [0.2, 0.25) is 0 Å². The smallest absolute Gasteiger partial charge is 0.150 e. The molecule has 0 bridgehead atoms. The Kier molecular flexibility index (Phi) is 5.58. The van der Waals surface area contributed by atoms with Crippen molar-refractivity contribution in [3.63, 3.8) is 0 Å². The number of nitrogens with zero attached hydrogens (tertiary/aromatic N) is 1. The first-order valence-electron chi connectivity index (χ1n) is 5.89. The van der Waals surface area contributed by atoms with Crippen LogP contribution in [0.25, 0.3) is 0 Å². The van der Waals surface area contributed by atoms with Gasteiger partial charge in [0.05, 0.1) is 5.75 Å². The van der Waals surface area contributed by atoms with Gasteiger partial charge >= 0.3 is 0 Å². The molecule has 4 nitrogen and oxygen atoms in total. The minimum Gasteiger partial charge on any atom is -0.310 e. The van der Waals surface area contributed by atoms with Gasteiger partial charge in [-0.15, -0.1) is 0 Å². The van der Waals surface area contributed by atoms with Crippen LogP contribution in [0.5, 0.6) is 0 Å². The average Bonchev–Trinajstić information content (AvgIpc) is 2.35. The minimum atomic E-state index is -2.83. The van der Waals surface area contributed by atoms with Crippen LogP contribution in [-0.2, 0) is 9.84 Å². The molecule has 0 aromatic carbocycles. The predicted octanol–water partition coefficient (Wildman–Crippen LogP) is 1.56. The lowest BCUT2D eigenvalue weighted by atomic mass is 10.1. The van der Waals surface area contributed by atoms with Gasteiger partial charge in [0, 0.05) is 24.2 Å². The number of hydrogen-bond acceptors (Lipinski definition) is 4. The Balaban J connectivity index is 2.28. The van der Waals surface area contributed by atoms with Gasteiger partial charge in [0.25, 0.3) is 0 Å². The molecule has 0 aliphatic heterocycles. The monoisotopic (exact) mass is 256 g/mol. The van der Waals surface area contributed by atoms with Crippen molar-refractivity contribution in [1.29, 1.82) is 0 Å². The Hall–Kier alpha value is -0.940. The van der Waals surface area contributed by atoms with Crippen LogP contribution < -0.4 is 5.32 Å². The lowest BCUT2D eigenvalue weighted by Crippen LogP contribution is -2.22. The summed E-state index contributed by atoms with van der Waals surface area (Å²) >= 11 is 0. The zero-order valence-corrected chi connectivity index (χ0v) is 11.2. The highest BCUT2D eigenvalue weighted by Crippen LogP contribution is 2.09. The number of hydrogen-bond donors (Lipinski definition) is 1. The summed E-state index contributed by atoms with van der Waals surface area (Å²) in [6, 6.07) is 4.11. The van der Waals surface area contributed by atoms with Crippen LogP contribution in [0.3, 0.4) is 0 Å². The van der Waals surface area contributed by atoms with Crippen LogP contribution in [0.4, 0.5) is 0 Å². The Morgan fingerprint density at radius 1 is 1.47 bits per heavy atom. The Bertz CT molecular complexity index is 417. The first kappa shape index (κ1) is 14.1. The van der Waals surface area contributed by atoms with Crippen molar-refractivity contribution in [1.82, 2.24) is 10.3 Å². The number of rotatable bonds is 7. The first-order valence-corrected chi connectivity index (χ1v) is 7.71. The summed E-state index contributed by atoms with van der Waals surface area (Å²) in [4.78, 5) is 4.05. The minimum absolute atomic E-state index is 0.202. The molecule has 0 aliphatic rings. The molecule has 0 spiro atoms. The fourth-order valence-corrected chi connectivity index (χ4v) is 2.38. The third-order valence-electron chi connectivity index (χ3n) is 2.71. The molecule has 1 heterocycles. The van der Waals surface area contributed by atoms with E-state index in [2.05, 4.69) is 10.3 Å². The molecule has 1 aromatic heterocycles. The second-order valence-electron chi connectivity index (χ2n) is 4.05. The third-order valence-corrected chi connectivity index (χ3v) is 4.50. The van der Waals surface area contributed by atoms with Gasteiger partial charge in [-0.3, -0.25) is 4.98 Å². The topological polar surface area (TPSA) is 59.1 Å². The summed E-state index contributed by atoms with van der Waals surface area (Å²) in [6.45, 7) is 4.43. The summed E-state index contributed by atoms with van der Waals surface area (Å²) in [5.74, 6) is 0.488. The summed E-state index contributed by atoms with van der Waals surface area (Å²) in [5, 5.41) is 3.29. The maximum atomic E-state index is 11.3. The maximum Gasteiger partial charge on any atom is 0.150 e. The van der Waals surface area contributed by atoms with Gasteiger partial charge in [0.15, 0.2) is 0 Å². The number of aromatic nitrogens is 1. The highest BCUT2D eigenvalue weighted by atomic mass is 32.2. The first-order chi connectivity index (χ1) is 8.05. The van der Waals surface area contributed by atoms with Crippen molar-refractivity contribution >= 4 is 9.84 Å². The molecule has 5 heteroatoms. The highest BCUT2D eigenvalue weighted by molar-refractivity contribution is 7.91. The lowest BCUT2D eigenvalue weighted by molar-refractivity contribution is 0.559. The van der Waals surface area contributed by atoms with Crippen molar-refractivity contribution in [3.8, 4) is 0 Å². The molecule has 0 amide bonds. The Morgan fingerprint density at radius 2 is 2.24 bits per heavy atom. The van der Waals surface area contributed by atoms with Crippen LogP contribution in [0.15, 0.2) is 24.5 Å². The van der Waals surface area contributed by atoms with Crippen molar-refractivity contribution in [3.05, 3.63) is 30.1 Å². The van der Waals surface area contributed by atoms with E-state index in [9.17, 15) is 8.42 Å². The molecule has 1 unspecified atom stereocenters. The summed E-state index contributed by atoms with van der Waals surface area (Å²) in [6.07, 6.45) is 4.21. The summed E-state index contributed by atoms with van der Waals surface area (Å²) < 4.78 is 22.6. The van der Waals surface area contributed by atoms with E-state index in [1.165, 1.54) is 0 Å². The van der Waals surface area contributed by atoms with E-state index in [1.54, 1.807) is 13.1 Å². The van der Waals surface area contributed by atoms with Crippen molar-refractivity contribution in [2.75, 3.05) is 18.1 Å². The number of pyridine rings is 1. The largest absolute Gasteiger partial charge is 0.310 e. The van der Waals surface area contributed by atoms with Crippen molar-refractivity contribution < 1.29 is 8.42 Å². The quantitative estimate of drug-likeness (QED) is 0.752. The highest BCUT2D eigenvalue weighted by Gasteiger charge is 2.08. The molecule has 0 saturated heterocycles. The molecular formula is C12H20N2O2S. The third kappa shape index (κ3) is 5.28. The SMILES string of the molecule is CCS(=O)(=O)CCCNC(C)c1cccnc1. The van der Waals surface area contributed by atoms with Crippen molar-refractivity contribution in [2.45, 2.75) is 26.3 Å². The maximum absolute atomic E-state index is 11.3. The van der Waals surface area contributed by atoms with E-state index in [0.29, 0.717) is 13.0 Å². The lowest BCUT2D eigenvalue weighted by Gasteiger charge is -2.13. The second kappa shape index (κ2) is 6.71. The summed E-state index contributed by atoms with van der Waals surface area (Å²) in [5.41, 5.74) is 1.12. The number of sulfone groups is 1. The zero-order chi connectivity index (χ0) is 12.7. The fourth-order valence-electron chi connectivity index (χ4n) is 1.50. The van der Waals surface area contributed by atoms with Crippen LogP contribution in [0.1, 0.15) is 31.9 Å². The molecular weight excluding hydrogens is 236 g/mol. The predicted molar refractivity (Wildman–Crippen MR) is 69.6 cm³/mol. The Labute approximate surface area is 103 Å². The normalized spacial score (nSPS) is 13.5. The second-order valence-corrected chi connectivity index (χ2v) is 6.52. The van der Waals surface area contributed by atoms with Gasteiger partial charge in [0.1, 0.15) is 9.84 Å². The van der Waals surface area contributed by atoms with E-state index in [4.69, 9.17) is 0 Å². The van der Waals surface area contributed by atoms with Crippen LogP contribution >= 0.6 is 0 Å². The van der Waals surface area contributed by atoms with Gasteiger partial charge in [-0.25, -0.2) is 8.42 Å². The fraction of sp³-hybridized carbons (Fsp3) is 0.583. The molecule has 1 rings (SSSR count). The van der Waals surface area contributed by atoms with E-state index in [1.807, 2.05) is 25.3 Å². The van der Waals surface area contributed by atoms with Gasteiger partial charge < -0.3 is 5.32 Å². The van der Waals surface area contributed by atoms with E-state index in [-0.39, 0.29) is 17.5 Å². The molecule has 1 aromatic rings. The van der Waals surface area contributed by atoms with Gasteiger partial charge in [-0.05, 0) is 31.5 Å². The molecule has 96 valence electrons. The molecule has 17 heavy (non-hydrogen) atoms. The molecule has 1 N–H and O–H groups in total. The average molecular weight is 256 g/mol. The van der Waals surface area contributed by atoms with E-state index < -0.39 is 9.84 Å². The Morgan fingerprint density at radius 3 is 2.82 bits per heavy atom. The van der Waals surface area contributed by atoms with Crippen molar-refractivity contribution in [2.24, 2.45) is 0 Å². The standard InChI is InChI=1S/C12H20N2O2S/c1-3-17(15,16)9-5-8-14-11(2)12-6-4-7-13-10-12/h4,6-7,10-11,14H,3,5,8-9H2,1-2H3.